The topological polar surface area (TPSA) is 109 Å². The zero-order valence-corrected chi connectivity index (χ0v) is 21.7. The quantitative estimate of drug-likeness (QED) is 0.470. The largest absolute Gasteiger partial charge is 0.422 e. The Hall–Kier alpha value is -3.37. The minimum absolute atomic E-state index is 0.0379. The fraction of sp³-hybridized carbons (Fsp3) is 0.360. The first-order valence-electron chi connectivity index (χ1n) is 11.1. The maximum atomic E-state index is 13.1. The molecule has 0 spiro atoms. The molecule has 0 atom stereocenters. The van der Waals surface area contributed by atoms with Crippen LogP contribution < -0.4 is 15.1 Å². The highest BCUT2D eigenvalue weighted by atomic mass is 32.2. The number of rotatable bonds is 8. The highest BCUT2D eigenvalue weighted by Gasteiger charge is 2.19. The first-order valence-corrected chi connectivity index (χ1v) is 12.8. The summed E-state index contributed by atoms with van der Waals surface area (Å²) in [6.07, 6.45) is -0.266. The van der Waals surface area contributed by atoms with E-state index in [1.807, 2.05) is 32.0 Å². The second kappa shape index (κ2) is 10.5. The van der Waals surface area contributed by atoms with E-state index < -0.39 is 21.7 Å². The number of carbonyl (C=O) groups is 1. The Morgan fingerprint density at radius 3 is 2.43 bits per heavy atom. The molecule has 9 nitrogen and oxygen atoms in total. The minimum atomic E-state index is -3.44. The molecule has 0 aliphatic rings. The van der Waals surface area contributed by atoms with Gasteiger partial charge in [-0.25, -0.2) is 18.0 Å². The normalized spacial score (nSPS) is 11.6. The SMILES string of the molecule is CCS(=O)(=O)Nc1cccc(Cc2c(CN(C)C)c3ccc(OC(=O)N(C)C)cc3oc2=O)c1C. The summed E-state index contributed by atoms with van der Waals surface area (Å²) in [6.45, 7) is 3.88. The molecule has 0 saturated heterocycles. The van der Waals surface area contributed by atoms with Crippen molar-refractivity contribution < 1.29 is 22.4 Å². The third-order valence-electron chi connectivity index (χ3n) is 5.59. The molecule has 0 saturated carbocycles. The van der Waals surface area contributed by atoms with Gasteiger partial charge in [-0.1, -0.05) is 12.1 Å². The number of nitrogens with zero attached hydrogens (tertiary/aromatic N) is 2. The van der Waals surface area contributed by atoms with Gasteiger partial charge in [0, 0.05) is 44.1 Å². The van der Waals surface area contributed by atoms with Crippen LogP contribution >= 0.6 is 0 Å². The third kappa shape index (κ3) is 6.20. The van der Waals surface area contributed by atoms with Crippen LogP contribution in [0.25, 0.3) is 11.0 Å². The number of nitrogens with one attached hydrogen (secondary N) is 1. The molecule has 1 aromatic heterocycles. The average Bonchev–Trinajstić information content (AvgIpc) is 2.77. The summed E-state index contributed by atoms with van der Waals surface area (Å²) in [5.41, 5.74) is 3.14. The first-order chi connectivity index (χ1) is 16.4. The van der Waals surface area contributed by atoms with E-state index in [0.717, 1.165) is 22.1 Å². The second-order valence-electron chi connectivity index (χ2n) is 8.78. The molecule has 10 heteroatoms. The average molecular weight is 502 g/mol. The maximum absolute atomic E-state index is 13.1. The standard InChI is InChI=1S/C25H31N3O6S/c1-7-35(31,32)26-22-10-8-9-17(16(22)2)13-20-21(15-27(3)4)19-12-11-18(33-25(30)28(5)6)14-23(19)34-24(20)29/h8-12,14,26H,7,13,15H2,1-6H3. The number of hydrogen-bond donors (Lipinski definition) is 1. The second-order valence-corrected chi connectivity index (χ2v) is 10.8. The molecule has 0 aliphatic heterocycles. The molecule has 3 aromatic rings. The molecule has 35 heavy (non-hydrogen) atoms. The molecule has 2 aromatic carbocycles. The number of sulfonamides is 1. The van der Waals surface area contributed by atoms with E-state index in [1.165, 1.54) is 11.0 Å². The number of ether oxygens (including phenoxy) is 1. The molecule has 1 heterocycles. The van der Waals surface area contributed by atoms with E-state index in [-0.39, 0.29) is 17.9 Å². The van der Waals surface area contributed by atoms with Gasteiger partial charge in [0.15, 0.2) is 0 Å². The zero-order chi connectivity index (χ0) is 25.9. The molecule has 0 fully saturated rings. The van der Waals surface area contributed by atoms with Gasteiger partial charge in [-0.3, -0.25) is 4.72 Å². The van der Waals surface area contributed by atoms with Gasteiger partial charge in [-0.15, -0.1) is 0 Å². The van der Waals surface area contributed by atoms with Crippen molar-refractivity contribution in [1.82, 2.24) is 9.80 Å². The maximum Gasteiger partial charge on any atom is 0.414 e. The lowest BCUT2D eigenvalue weighted by molar-refractivity contribution is 0.172. The summed E-state index contributed by atoms with van der Waals surface area (Å²) in [6, 6.07) is 10.3. The van der Waals surface area contributed by atoms with Gasteiger partial charge in [0.2, 0.25) is 10.0 Å². The third-order valence-corrected chi connectivity index (χ3v) is 6.89. The Morgan fingerprint density at radius 1 is 1.09 bits per heavy atom. The van der Waals surface area contributed by atoms with E-state index in [4.69, 9.17) is 9.15 Å². The molecule has 188 valence electrons. The molecule has 0 aliphatic carbocycles. The van der Waals surface area contributed by atoms with Crippen molar-refractivity contribution in [3.63, 3.8) is 0 Å². The smallest absolute Gasteiger partial charge is 0.414 e. The highest BCUT2D eigenvalue weighted by molar-refractivity contribution is 7.92. The number of carbonyl (C=O) groups excluding carboxylic acids is 1. The van der Waals surface area contributed by atoms with Crippen LogP contribution in [-0.2, 0) is 23.0 Å². The molecular formula is C25H31N3O6S. The van der Waals surface area contributed by atoms with Crippen LogP contribution in [0.4, 0.5) is 10.5 Å². The predicted octanol–water partition coefficient (Wildman–Crippen LogP) is 3.58. The van der Waals surface area contributed by atoms with Gasteiger partial charge in [0.25, 0.3) is 0 Å². The fourth-order valence-electron chi connectivity index (χ4n) is 3.63. The molecule has 0 unspecified atom stereocenters. The number of fused-ring (bicyclic) bond motifs is 1. The summed E-state index contributed by atoms with van der Waals surface area (Å²) in [5, 5.41) is 0.735. The molecule has 0 bridgehead atoms. The van der Waals surface area contributed by atoms with Gasteiger partial charge in [-0.2, -0.15) is 0 Å². The highest BCUT2D eigenvalue weighted by Crippen LogP contribution is 2.29. The van der Waals surface area contributed by atoms with Crippen molar-refractivity contribution in [2.75, 3.05) is 38.7 Å². The minimum Gasteiger partial charge on any atom is -0.422 e. The molecular weight excluding hydrogens is 470 g/mol. The summed E-state index contributed by atoms with van der Waals surface area (Å²) >= 11 is 0. The first kappa shape index (κ1) is 26.2. The lowest BCUT2D eigenvalue weighted by Gasteiger charge is -2.18. The Balaban J connectivity index is 2.09. The van der Waals surface area contributed by atoms with Crippen molar-refractivity contribution in [3.8, 4) is 5.75 Å². The van der Waals surface area contributed by atoms with Gasteiger partial charge in [-0.05, 0) is 62.8 Å². The van der Waals surface area contributed by atoms with Crippen LogP contribution in [0.15, 0.2) is 45.6 Å². The van der Waals surface area contributed by atoms with Gasteiger partial charge in [0.05, 0.1) is 11.4 Å². The Morgan fingerprint density at radius 2 is 1.80 bits per heavy atom. The van der Waals surface area contributed by atoms with Gasteiger partial charge < -0.3 is 19.0 Å². The lowest BCUT2D eigenvalue weighted by atomic mass is 9.95. The monoisotopic (exact) mass is 501 g/mol. The predicted molar refractivity (Wildman–Crippen MR) is 137 cm³/mol. The number of amides is 1. The van der Waals surface area contributed by atoms with Gasteiger partial charge in [0.1, 0.15) is 11.3 Å². The van der Waals surface area contributed by atoms with E-state index >= 15 is 0 Å². The summed E-state index contributed by atoms with van der Waals surface area (Å²) < 4.78 is 37.7. The zero-order valence-electron chi connectivity index (χ0n) is 20.8. The molecule has 3 rings (SSSR count). The number of benzene rings is 2. The van der Waals surface area contributed by atoms with Crippen molar-refractivity contribution in [1.29, 1.82) is 0 Å². The van der Waals surface area contributed by atoms with E-state index in [9.17, 15) is 18.0 Å². The molecule has 1 amide bonds. The Bertz CT molecular complexity index is 1410. The summed E-state index contributed by atoms with van der Waals surface area (Å²) in [4.78, 5) is 28.3. The van der Waals surface area contributed by atoms with Crippen LogP contribution in [0.3, 0.4) is 0 Å². The lowest BCUT2D eigenvalue weighted by Crippen LogP contribution is -2.25. The van der Waals surface area contributed by atoms with Crippen molar-refractivity contribution >= 4 is 32.8 Å². The van der Waals surface area contributed by atoms with Crippen LogP contribution in [-0.4, -0.2) is 58.3 Å². The fourth-order valence-corrected chi connectivity index (χ4v) is 4.33. The van der Waals surface area contributed by atoms with Gasteiger partial charge >= 0.3 is 11.7 Å². The Kier molecular flexibility index (Phi) is 7.86. The van der Waals surface area contributed by atoms with Crippen molar-refractivity contribution in [2.45, 2.75) is 26.8 Å². The summed E-state index contributed by atoms with van der Waals surface area (Å²) in [7, 11) is 3.53. The Labute approximate surface area is 205 Å². The van der Waals surface area contributed by atoms with Crippen LogP contribution in [0.2, 0.25) is 0 Å². The number of hydrogen-bond acceptors (Lipinski definition) is 7. The van der Waals surface area contributed by atoms with Crippen LogP contribution in [0, 0.1) is 6.92 Å². The van der Waals surface area contributed by atoms with E-state index in [0.29, 0.717) is 23.4 Å². The van der Waals surface area contributed by atoms with Crippen molar-refractivity contribution in [2.24, 2.45) is 0 Å². The summed E-state index contributed by atoms with van der Waals surface area (Å²) in [5.74, 6) is 0.235. The van der Waals surface area contributed by atoms with E-state index in [2.05, 4.69) is 4.72 Å². The number of anilines is 1. The molecule has 1 N–H and O–H groups in total. The van der Waals surface area contributed by atoms with Crippen LogP contribution in [0.5, 0.6) is 5.75 Å². The van der Waals surface area contributed by atoms with E-state index in [1.54, 1.807) is 45.3 Å². The van der Waals surface area contributed by atoms with Crippen LogP contribution in [0.1, 0.15) is 29.2 Å². The molecule has 0 radical (unpaired) electrons. The van der Waals surface area contributed by atoms with Crippen molar-refractivity contribution in [3.05, 3.63) is 69.1 Å².